The fraction of sp³-hybridized carbons (Fsp3) is 0.385. The van der Waals surface area contributed by atoms with Crippen molar-refractivity contribution in [2.24, 2.45) is 0 Å². The van der Waals surface area contributed by atoms with E-state index in [0.29, 0.717) is 0 Å². The summed E-state index contributed by atoms with van der Waals surface area (Å²) in [6.45, 7) is 4.68. The van der Waals surface area contributed by atoms with Crippen LogP contribution in [0.2, 0.25) is 0 Å². The predicted molar refractivity (Wildman–Crippen MR) is 66.4 cm³/mol. The molecule has 0 saturated heterocycles. The molecule has 2 N–H and O–H groups in total. The minimum absolute atomic E-state index is 0.144. The van der Waals surface area contributed by atoms with E-state index >= 15 is 0 Å². The van der Waals surface area contributed by atoms with Crippen LogP contribution in [0.15, 0.2) is 12.1 Å². The van der Waals surface area contributed by atoms with E-state index < -0.39 is 34.9 Å². The Labute approximate surface area is 114 Å². The van der Waals surface area contributed by atoms with E-state index in [1.165, 1.54) is 0 Å². The van der Waals surface area contributed by atoms with Crippen LogP contribution in [-0.2, 0) is 11.3 Å². The number of rotatable bonds is 3. The van der Waals surface area contributed by atoms with Crippen LogP contribution in [-0.4, -0.2) is 22.8 Å². The number of alkyl carbamates (subject to hydrolysis) is 1. The molecule has 20 heavy (non-hydrogen) atoms. The van der Waals surface area contributed by atoms with E-state index in [9.17, 15) is 18.4 Å². The summed E-state index contributed by atoms with van der Waals surface area (Å²) >= 11 is 0. The zero-order valence-corrected chi connectivity index (χ0v) is 11.3. The summed E-state index contributed by atoms with van der Waals surface area (Å²) in [5.74, 6) is -4.09. The van der Waals surface area contributed by atoms with Gasteiger partial charge in [0.25, 0.3) is 0 Å². The van der Waals surface area contributed by atoms with Crippen molar-refractivity contribution in [3.8, 4) is 0 Å². The fourth-order valence-electron chi connectivity index (χ4n) is 1.41. The number of hydrogen-bond acceptors (Lipinski definition) is 3. The van der Waals surface area contributed by atoms with Gasteiger partial charge in [-0.05, 0) is 26.8 Å². The first kappa shape index (κ1) is 15.9. The molecular weight excluding hydrogens is 272 g/mol. The van der Waals surface area contributed by atoms with Crippen LogP contribution in [0.5, 0.6) is 0 Å². The van der Waals surface area contributed by atoms with Crippen LogP contribution < -0.4 is 5.32 Å². The Hall–Kier alpha value is -2.18. The Morgan fingerprint density at radius 1 is 1.30 bits per heavy atom. The number of carbonyl (C=O) groups is 2. The van der Waals surface area contributed by atoms with Crippen LogP contribution in [0, 0.1) is 11.6 Å². The summed E-state index contributed by atoms with van der Waals surface area (Å²) in [6, 6.07) is 1.90. The van der Waals surface area contributed by atoms with Crippen LogP contribution in [0.25, 0.3) is 0 Å². The van der Waals surface area contributed by atoms with Crippen molar-refractivity contribution in [1.82, 2.24) is 5.32 Å². The third-order valence-electron chi connectivity index (χ3n) is 2.21. The second-order valence-electron chi connectivity index (χ2n) is 5.06. The smallest absolute Gasteiger partial charge is 0.407 e. The maximum atomic E-state index is 13.8. The van der Waals surface area contributed by atoms with Crippen LogP contribution in [0.1, 0.15) is 36.7 Å². The highest BCUT2D eigenvalue weighted by Gasteiger charge is 2.21. The molecule has 0 heterocycles. The van der Waals surface area contributed by atoms with E-state index in [1.807, 2.05) is 0 Å². The molecule has 1 aromatic rings. The number of halogens is 2. The molecule has 0 fully saturated rings. The molecule has 0 bridgehead atoms. The molecule has 0 spiro atoms. The Morgan fingerprint density at radius 2 is 1.90 bits per heavy atom. The number of carbonyl (C=O) groups excluding carboxylic acids is 1. The minimum atomic E-state index is -1.71. The molecule has 0 saturated carbocycles. The van der Waals surface area contributed by atoms with Gasteiger partial charge in [0.05, 0.1) is 0 Å². The molecule has 1 aromatic carbocycles. The highest BCUT2D eigenvalue weighted by molar-refractivity contribution is 5.88. The average Bonchev–Trinajstić information content (AvgIpc) is 2.25. The number of carboxylic acids is 1. The minimum Gasteiger partial charge on any atom is -0.477 e. The van der Waals surface area contributed by atoms with Crippen LogP contribution >= 0.6 is 0 Å². The third-order valence-corrected chi connectivity index (χ3v) is 2.21. The van der Waals surface area contributed by atoms with Crippen molar-refractivity contribution in [3.05, 3.63) is 34.9 Å². The molecule has 110 valence electrons. The van der Waals surface area contributed by atoms with Crippen LogP contribution in [0.4, 0.5) is 13.6 Å². The topological polar surface area (TPSA) is 75.6 Å². The number of ether oxygens (including phenoxy) is 1. The van der Waals surface area contributed by atoms with Crippen molar-refractivity contribution in [1.29, 1.82) is 0 Å². The van der Waals surface area contributed by atoms with E-state index in [2.05, 4.69) is 5.32 Å². The lowest BCUT2D eigenvalue weighted by molar-refractivity contribution is 0.0523. The number of hydrogen-bond donors (Lipinski definition) is 2. The number of benzene rings is 1. The molecule has 0 radical (unpaired) electrons. The Kier molecular flexibility index (Phi) is 4.65. The number of carboxylic acid groups (broad SMARTS) is 1. The maximum absolute atomic E-state index is 13.8. The van der Waals surface area contributed by atoms with Gasteiger partial charge in [0, 0.05) is 12.1 Å². The molecule has 0 unspecified atom stereocenters. The lowest BCUT2D eigenvalue weighted by atomic mass is 10.1. The molecule has 0 aromatic heterocycles. The molecular formula is C13H15F2NO4. The summed E-state index contributed by atoms with van der Waals surface area (Å²) in [4.78, 5) is 22.1. The van der Waals surface area contributed by atoms with Crippen LogP contribution in [0.3, 0.4) is 0 Å². The number of amides is 1. The molecule has 5 nitrogen and oxygen atoms in total. The average molecular weight is 287 g/mol. The standard InChI is InChI=1S/C13H15F2NO4/c1-13(2,3)20-12(19)16-6-7-4-5-8(14)9(10(7)15)11(17)18/h4-5H,6H2,1-3H3,(H,16,19)(H,17,18). The van der Waals surface area contributed by atoms with Gasteiger partial charge in [-0.25, -0.2) is 18.4 Å². The van der Waals surface area contributed by atoms with Gasteiger partial charge < -0.3 is 15.2 Å². The molecule has 1 amide bonds. The normalized spacial score (nSPS) is 11.1. The number of nitrogens with one attached hydrogen (secondary N) is 1. The zero-order valence-electron chi connectivity index (χ0n) is 11.3. The second-order valence-corrected chi connectivity index (χ2v) is 5.06. The monoisotopic (exact) mass is 287 g/mol. The largest absolute Gasteiger partial charge is 0.477 e. The lowest BCUT2D eigenvalue weighted by Gasteiger charge is -2.19. The lowest BCUT2D eigenvalue weighted by Crippen LogP contribution is -2.32. The quantitative estimate of drug-likeness (QED) is 0.896. The molecule has 0 aliphatic heterocycles. The highest BCUT2D eigenvalue weighted by atomic mass is 19.1. The maximum Gasteiger partial charge on any atom is 0.407 e. The molecule has 0 atom stereocenters. The van der Waals surface area contributed by atoms with Crippen molar-refractivity contribution in [2.75, 3.05) is 0 Å². The molecule has 0 aliphatic carbocycles. The van der Waals surface area contributed by atoms with Gasteiger partial charge in [-0.2, -0.15) is 0 Å². The summed E-state index contributed by atoms with van der Waals surface area (Å²) in [6.07, 6.45) is -0.780. The zero-order chi connectivity index (χ0) is 15.5. The van der Waals surface area contributed by atoms with Crippen molar-refractivity contribution >= 4 is 12.1 Å². The van der Waals surface area contributed by atoms with E-state index in [-0.39, 0.29) is 12.1 Å². The first-order chi connectivity index (χ1) is 9.11. The summed E-state index contributed by atoms with van der Waals surface area (Å²) < 4.78 is 31.9. The highest BCUT2D eigenvalue weighted by Crippen LogP contribution is 2.17. The van der Waals surface area contributed by atoms with Gasteiger partial charge in [0.15, 0.2) is 0 Å². The van der Waals surface area contributed by atoms with Gasteiger partial charge in [-0.3, -0.25) is 0 Å². The fourth-order valence-corrected chi connectivity index (χ4v) is 1.41. The Morgan fingerprint density at radius 3 is 2.40 bits per heavy atom. The van der Waals surface area contributed by atoms with Gasteiger partial charge in [-0.15, -0.1) is 0 Å². The first-order valence-corrected chi connectivity index (χ1v) is 5.79. The summed E-state index contributed by atoms with van der Waals surface area (Å²) in [5, 5.41) is 11.0. The van der Waals surface area contributed by atoms with Gasteiger partial charge in [-0.1, -0.05) is 6.07 Å². The van der Waals surface area contributed by atoms with Crippen molar-refractivity contribution in [3.63, 3.8) is 0 Å². The molecule has 7 heteroatoms. The second kappa shape index (κ2) is 5.85. The Bertz CT molecular complexity index is 538. The van der Waals surface area contributed by atoms with E-state index in [4.69, 9.17) is 9.84 Å². The molecule has 1 rings (SSSR count). The van der Waals surface area contributed by atoms with E-state index in [0.717, 1.165) is 12.1 Å². The predicted octanol–water partition coefficient (Wildman–Crippen LogP) is 2.69. The third kappa shape index (κ3) is 4.18. The summed E-state index contributed by atoms with van der Waals surface area (Å²) in [7, 11) is 0. The number of aromatic carboxylic acids is 1. The van der Waals surface area contributed by atoms with Crippen molar-refractivity contribution < 1.29 is 28.2 Å². The van der Waals surface area contributed by atoms with Gasteiger partial charge in [0.1, 0.15) is 22.8 Å². The Balaban J connectivity index is 2.82. The van der Waals surface area contributed by atoms with Crippen molar-refractivity contribution in [2.45, 2.75) is 32.9 Å². The van der Waals surface area contributed by atoms with Gasteiger partial charge >= 0.3 is 12.1 Å². The molecule has 0 aliphatic rings. The van der Waals surface area contributed by atoms with E-state index in [1.54, 1.807) is 20.8 Å². The first-order valence-electron chi connectivity index (χ1n) is 5.79. The SMILES string of the molecule is CC(C)(C)OC(=O)NCc1ccc(F)c(C(=O)O)c1F. The summed E-state index contributed by atoms with van der Waals surface area (Å²) in [5.41, 5.74) is -1.90. The van der Waals surface area contributed by atoms with Gasteiger partial charge in [0.2, 0.25) is 0 Å².